The van der Waals surface area contributed by atoms with Crippen molar-refractivity contribution < 1.29 is 27.8 Å². The molecule has 0 amide bonds. The maximum atomic E-state index is 12.6. The number of carboxylic acids is 1. The van der Waals surface area contributed by atoms with Gasteiger partial charge >= 0.3 is 5.97 Å². The number of thiophene rings is 1. The molecular weight excluding hydrogens is 330 g/mol. The highest BCUT2D eigenvalue weighted by atomic mass is 32.2. The Hall–Kier alpha value is -1.00. The maximum absolute atomic E-state index is 12.6. The third-order valence-corrected chi connectivity index (χ3v) is 7.06. The monoisotopic (exact) mass is 349 g/mol. The Morgan fingerprint density at radius 1 is 1.27 bits per heavy atom. The van der Waals surface area contributed by atoms with Gasteiger partial charge in [-0.2, -0.15) is 4.31 Å². The number of hydrogen-bond acceptors (Lipinski definition) is 6. The summed E-state index contributed by atoms with van der Waals surface area (Å²) < 4.78 is 37.0. The van der Waals surface area contributed by atoms with Crippen molar-refractivity contribution in [2.24, 2.45) is 11.8 Å². The lowest BCUT2D eigenvalue weighted by Crippen LogP contribution is -2.29. The molecular formula is C13H19NO6S2. The van der Waals surface area contributed by atoms with Crippen LogP contribution in [0.25, 0.3) is 0 Å². The van der Waals surface area contributed by atoms with Crippen LogP contribution in [-0.4, -0.2) is 64.3 Å². The second-order valence-corrected chi connectivity index (χ2v) is 8.43. The lowest BCUT2D eigenvalue weighted by Gasteiger charge is -2.15. The van der Waals surface area contributed by atoms with E-state index in [1.807, 2.05) is 0 Å². The Morgan fingerprint density at radius 3 is 2.23 bits per heavy atom. The van der Waals surface area contributed by atoms with Crippen LogP contribution in [0.4, 0.5) is 0 Å². The van der Waals surface area contributed by atoms with Crippen LogP contribution in [0.15, 0.2) is 16.3 Å². The van der Waals surface area contributed by atoms with Crippen LogP contribution in [0, 0.1) is 11.8 Å². The SMILES string of the molecule is COC[C@@H]1CN(S(=O)(=O)c2ccc(C(=O)O)s2)C[C@@H]1COC. The van der Waals surface area contributed by atoms with E-state index in [9.17, 15) is 13.2 Å². The Kier molecular flexibility index (Phi) is 5.56. The zero-order chi connectivity index (χ0) is 16.3. The predicted molar refractivity (Wildman–Crippen MR) is 80.8 cm³/mol. The van der Waals surface area contributed by atoms with E-state index in [-0.39, 0.29) is 20.9 Å². The number of rotatable bonds is 7. The highest BCUT2D eigenvalue weighted by Crippen LogP contribution is 2.32. The first-order chi connectivity index (χ1) is 10.4. The normalized spacial score (nSPS) is 23.0. The van der Waals surface area contributed by atoms with Gasteiger partial charge in [0.15, 0.2) is 0 Å². The summed E-state index contributed by atoms with van der Waals surface area (Å²) in [7, 11) is -0.511. The predicted octanol–water partition coefficient (Wildman–Crippen LogP) is 0.976. The van der Waals surface area contributed by atoms with Gasteiger partial charge in [-0.25, -0.2) is 13.2 Å². The molecule has 1 aromatic heterocycles. The van der Waals surface area contributed by atoms with Gasteiger partial charge < -0.3 is 14.6 Å². The molecule has 0 aromatic carbocycles. The second-order valence-electron chi connectivity index (χ2n) is 5.18. The van der Waals surface area contributed by atoms with Crippen molar-refractivity contribution in [1.82, 2.24) is 4.31 Å². The highest BCUT2D eigenvalue weighted by Gasteiger charge is 2.39. The molecule has 2 rings (SSSR count). The van der Waals surface area contributed by atoms with E-state index < -0.39 is 16.0 Å². The minimum atomic E-state index is -3.68. The molecule has 0 bridgehead atoms. The van der Waals surface area contributed by atoms with E-state index >= 15 is 0 Å². The van der Waals surface area contributed by atoms with E-state index in [0.29, 0.717) is 26.3 Å². The van der Waals surface area contributed by atoms with Gasteiger partial charge in [-0.1, -0.05) is 0 Å². The van der Waals surface area contributed by atoms with E-state index in [1.54, 1.807) is 14.2 Å². The molecule has 1 fully saturated rings. The Morgan fingerprint density at radius 2 is 1.82 bits per heavy atom. The first kappa shape index (κ1) is 17.4. The van der Waals surface area contributed by atoms with Crippen molar-refractivity contribution in [2.75, 3.05) is 40.5 Å². The lowest BCUT2D eigenvalue weighted by atomic mass is 9.98. The first-order valence-electron chi connectivity index (χ1n) is 6.71. The molecule has 0 saturated carbocycles. The van der Waals surface area contributed by atoms with Gasteiger partial charge in [-0.3, -0.25) is 0 Å². The third-order valence-electron chi connectivity index (χ3n) is 3.69. The van der Waals surface area contributed by atoms with E-state index in [2.05, 4.69) is 0 Å². The van der Waals surface area contributed by atoms with E-state index in [4.69, 9.17) is 14.6 Å². The largest absolute Gasteiger partial charge is 0.477 e. The van der Waals surface area contributed by atoms with Crippen LogP contribution < -0.4 is 0 Å². The smallest absolute Gasteiger partial charge is 0.345 e. The standard InChI is InChI=1S/C13H19NO6S2/c1-19-7-9-5-14(6-10(9)8-20-2)22(17,18)12-4-3-11(21-12)13(15)16/h3-4,9-10H,5-8H2,1-2H3,(H,15,16)/t9-,10+. The van der Waals surface area contributed by atoms with Crippen molar-refractivity contribution in [2.45, 2.75) is 4.21 Å². The van der Waals surface area contributed by atoms with Gasteiger partial charge in [0.2, 0.25) is 0 Å². The summed E-state index contributed by atoms with van der Waals surface area (Å²) in [5.41, 5.74) is 0. The lowest BCUT2D eigenvalue weighted by molar-refractivity contribution is 0.0702. The summed E-state index contributed by atoms with van der Waals surface area (Å²) in [4.78, 5) is 10.9. The van der Waals surface area contributed by atoms with Crippen molar-refractivity contribution in [3.63, 3.8) is 0 Å². The zero-order valence-electron chi connectivity index (χ0n) is 12.4. The molecule has 0 radical (unpaired) electrons. The Bertz CT molecular complexity index is 612. The van der Waals surface area contributed by atoms with Crippen LogP contribution in [0.5, 0.6) is 0 Å². The van der Waals surface area contributed by atoms with Crippen LogP contribution >= 0.6 is 11.3 Å². The Balaban J connectivity index is 2.20. The van der Waals surface area contributed by atoms with Gasteiger partial charge in [-0.05, 0) is 12.1 Å². The molecule has 7 nitrogen and oxygen atoms in total. The number of aromatic carboxylic acids is 1. The minimum absolute atomic E-state index is 0.0136. The summed E-state index contributed by atoms with van der Waals surface area (Å²) in [6.45, 7) is 1.63. The van der Waals surface area contributed by atoms with Gasteiger partial charge in [0.05, 0.1) is 13.2 Å². The van der Waals surface area contributed by atoms with Gasteiger partial charge in [0, 0.05) is 39.1 Å². The van der Waals surface area contributed by atoms with E-state index in [1.165, 1.54) is 16.4 Å². The molecule has 1 aromatic rings. The van der Waals surface area contributed by atoms with Crippen LogP contribution in [0.2, 0.25) is 0 Å². The summed E-state index contributed by atoms with van der Waals surface area (Å²) in [5.74, 6) is -0.986. The van der Waals surface area contributed by atoms with Crippen molar-refractivity contribution >= 4 is 27.3 Å². The topological polar surface area (TPSA) is 93.1 Å². The molecule has 0 spiro atoms. The summed E-state index contributed by atoms with van der Waals surface area (Å²) >= 11 is 0.772. The van der Waals surface area contributed by atoms with E-state index in [0.717, 1.165) is 11.3 Å². The van der Waals surface area contributed by atoms with Gasteiger partial charge in [0.25, 0.3) is 10.0 Å². The van der Waals surface area contributed by atoms with Crippen molar-refractivity contribution in [3.05, 3.63) is 17.0 Å². The number of carboxylic acid groups (broad SMARTS) is 1. The second kappa shape index (κ2) is 7.05. The molecule has 2 atom stereocenters. The first-order valence-corrected chi connectivity index (χ1v) is 8.97. The maximum Gasteiger partial charge on any atom is 0.345 e. The van der Waals surface area contributed by atoms with Crippen LogP contribution in [0.3, 0.4) is 0 Å². The van der Waals surface area contributed by atoms with Crippen molar-refractivity contribution in [1.29, 1.82) is 0 Å². The number of carbonyl (C=O) groups is 1. The van der Waals surface area contributed by atoms with Crippen LogP contribution in [-0.2, 0) is 19.5 Å². The minimum Gasteiger partial charge on any atom is -0.477 e. The average Bonchev–Trinajstić information content (AvgIpc) is 3.08. The molecule has 1 aliphatic heterocycles. The summed E-state index contributed by atoms with van der Waals surface area (Å²) in [5, 5.41) is 8.92. The fourth-order valence-electron chi connectivity index (χ4n) is 2.60. The number of hydrogen-bond donors (Lipinski definition) is 1. The summed E-state index contributed by atoms with van der Waals surface area (Å²) in [6, 6.07) is 2.66. The molecule has 0 aliphatic carbocycles. The fraction of sp³-hybridized carbons (Fsp3) is 0.615. The third kappa shape index (κ3) is 3.49. The molecule has 1 N–H and O–H groups in total. The van der Waals surface area contributed by atoms with Gasteiger partial charge in [-0.15, -0.1) is 11.3 Å². The van der Waals surface area contributed by atoms with Crippen molar-refractivity contribution in [3.8, 4) is 0 Å². The van der Waals surface area contributed by atoms with Crippen LogP contribution in [0.1, 0.15) is 9.67 Å². The number of nitrogens with zero attached hydrogens (tertiary/aromatic N) is 1. The fourth-order valence-corrected chi connectivity index (χ4v) is 5.45. The molecule has 2 heterocycles. The molecule has 9 heteroatoms. The number of sulfonamides is 1. The highest BCUT2D eigenvalue weighted by molar-refractivity contribution is 7.91. The molecule has 22 heavy (non-hydrogen) atoms. The molecule has 1 saturated heterocycles. The Labute approximate surface area is 133 Å². The number of methoxy groups -OCH3 is 2. The molecule has 124 valence electrons. The zero-order valence-corrected chi connectivity index (χ0v) is 14.0. The molecule has 0 unspecified atom stereocenters. The summed E-state index contributed by atoms with van der Waals surface area (Å²) in [6.07, 6.45) is 0. The number of ether oxygens (including phenoxy) is 2. The van der Waals surface area contributed by atoms with Gasteiger partial charge in [0.1, 0.15) is 9.09 Å². The quantitative estimate of drug-likeness (QED) is 0.789. The average molecular weight is 349 g/mol. The molecule has 1 aliphatic rings.